The first-order valence-electron chi connectivity index (χ1n) is 4.24. The van der Waals surface area contributed by atoms with E-state index in [9.17, 15) is 0 Å². The van der Waals surface area contributed by atoms with Gasteiger partial charge in [0.15, 0.2) is 11.9 Å². The molecule has 0 aliphatic heterocycles. The zero-order valence-corrected chi connectivity index (χ0v) is 10.4. The summed E-state index contributed by atoms with van der Waals surface area (Å²) in [7, 11) is 3.71. The molecular formula is C11H12INO. The van der Waals surface area contributed by atoms with Crippen molar-refractivity contribution in [3.05, 3.63) is 36.5 Å². The quantitative estimate of drug-likeness (QED) is 0.470. The summed E-state index contributed by atoms with van der Waals surface area (Å²) in [4.78, 5) is 0. The number of aromatic nitrogens is 1. The van der Waals surface area contributed by atoms with Crippen LogP contribution in [0.3, 0.4) is 0 Å². The number of rotatable bonds is 1. The summed E-state index contributed by atoms with van der Waals surface area (Å²) in [5, 5.41) is 1.20. The van der Waals surface area contributed by atoms with E-state index in [-0.39, 0.29) is 24.0 Å². The van der Waals surface area contributed by atoms with Crippen molar-refractivity contribution in [3.8, 4) is 5.75 Å². The van der Waals surface area contributed by atoms with Gasteiger partial charge in [0.2, 0.25) is 0 Å². The molecule has 1 aromatic heterocycles. The highest BCUT2D eigenvalue weighted by atomic mass is 127. The van der Waals surface area contributed by atoms with E-state index in [2.05, 4.69) is 16.7 Å². The molecule has 0 N–H and O–H groups in total. The van der Waals surface area contributed by atoms with Crippen molar-refractivity contribution in [1.82, 2.24) is 0 Å². The minimum Gasteiger partial charge on any atom is -1.00 e. The Kier molecular flexibility index (Phi) is 3.69. The minimum absolute atomic E-state index is 0. The maximum absolute atomic E-state index is 5.29. The topological polar surface area (TPSA) is 13.1 Å². The van der Waals surface area contributed by atoms with Gasteiger partial charge in [-0.3, -0.25) is 0 Å². The molecule has 0 atom stereocenters. The predicted octanol–water partition coefficient (Wildman–Crippen LogP) is -1.32. The van der Waals surface area contributed by atoms with E-state index in [1.165, 1.54) is 5.39 Å². The molecule has 0 bridgehead atoms. The second-order valence-electron chi connectivity index (χ2n) is 3.02. The molecule has 2 nitrogen and oxygen atoms in total. The molecular weight excluding hydrogens is 289 g/mol. The van der Waals surface area contributed by atoms with Crippen molar-refractivity contribution >= 4 is 10.9 Å². The molecule has 1 heterocycles. The van der Waals surface area contributed by atoms with Crippen molar-refractivity contribution in [2.24, 2.45) is 7.05 Å². The number of aryl methyl sites for hydroxylation is 1. The highest BCUT2D eigenvalue weighted by Gasteiger charge is 2.09. The van der Waals surface area contributed by atoms with Gasteiger partial charge in [0, 0.05) is 6.07 Å². The van der Waals surface area contributed by atoms with Crippen LogP contribution in [-0.2, 0) is 7.05 Å². The first-order valence-corrected chi connectivity index (χ1v) is 4.24. The Hall–Kier alpha value is -0.840. The molecule has 74 valence electrons. The molecule has 0 unspecified atom stereocenters. The van der Waals surface area contributed by atoms with Gasteiger partial charge >= 0.3 is 0 Å². The van der Waals surface area contributed by atoms with Gasteiger partial charge in [0.05, 0.1) is 12.5 Å². The summed E-state index contributed by atoms with van der Waals surface area (Å²) in [6.07, 6.45) is 2.02. The summed E-state index contributed by atoms with van der Waals surface area (Å²) < 4.78 is 7.35. The van der Waals surface area contributed by atoms with Gasteiger partial charge in [0.1, 0.15) is 7.05 Å². The zero-order chi connectivity index (χ0) is 9.26. The molecule has 0 aliphatic carbocycles. The van der Waals surface area contributed by atoms with Crippen LogP contribution in [-0.4, -0.2) is 7.11 Å². The van der Waals surface area contributed by atoms with Crippen LogP contribution >= 0.6 is 0 Å². The fourth-order valence-electron chi connectivity index (χ4n) is 1.57. The fraction of sp³-hybridized carbons (Fsp3) is 0.182. The zero-order valence-electron chi connectivity index (χ0n) is 8.20. The number of ether oxygens (including phenoxy) is 1. The summed E-state index contributed by atoms with van der Waals surface area (Å²) >= 11 is 0. The lowest BCUT2D eigenvalue weighted by atomic mass is 10.2. The second kappa shape index (κ2) is 4.59. The van der Waals surface area contributed by atoms with E-state index < -0.39 is 0 Å². The lowest BCUT2D eigenvalue weighted by Crippen LogP contribution is -3.00. The Morgan fingerprint density at radius 1 is 1.14 bits per heavy atom. The summed E-state index contributed by atoms with van der Waals surface area (Å²) in [6, 6.07) is 10.2. The minimum atomic E-state index is 0. The number of methoxy groups -OCH3 is 1. The molecule has 0 fully saturated rings. The van der Waals surface area contributed by atoms with Crippen LogP contribution < -0.4 is 33.3 Å². The number of hydrogen-bond acceptors (Lipinski definition) is 1. The van der Waals surface area contributed by atoms with E-state index in [0.717, 1.165) is 11.3 Å². The summed E-state index contributed by atoms with van der Waals surface area (Å²) in [5.74, 6) is 0.917. The Morgan fingerprint density at radius 2 is 1.86 bits per heavy atom. The third-order valence-electron chi connectivity index (χ3n) is 2.19. The van der Waals surface area contributed by atoms with E-state index in [0.29, 0.717) is 0 Å². The molecule has 0 amide bonds. The maximum atomic E-state index is 5.29. The molecule has 2 rings (SSSR count). The number of para-hydroxylation sites is 1. The van der Waals surface area contributed by atoms with Crippen LogP contribution in [0.1, 0.15) is 0 Å². The standard InChI is InChI=1S/C11H12NO.HI/c1-12-8-4-6-9-5-3-7-10(13-2)11(9)12;/h3-8H,1-2H3;1H/q+1;/p-1. The Balaban J connectivity index is 0.000000980. The van der Waals surface area contributed by atoms with Gasteiger partial charge in [-0.2, -0.15) is 4.57 Å². The normalized spacial score (nSPS) is 9.57. The number of nitrogens with zero attached hydrogens (tertiary/aromatic N) is 1. The number of halogens is 1. The molecule has 0 radical (unpaired) electrons. The predicted molar refractivity (Wildman–Crippen MR) is 51.7 cm³/mol. The summed E-state index contributed by atoms with van der Waals surface area (Å²) in [6.45, 7) is 0. The highest BCUT2D eigenvalue weighted by molar-refractivity contribution is 5.81. The third kappa shape index (κ3) is 1.82. The van der Waals surface area contributed by atoms with Crippen LogP contribution in [0.15, 0.2) is 36.5 Å². The lowest BCUT2D eigenvalue weighted by molar-refractivity contribution is -0.645. The molecule has 0 aliphatic rings. The Bertz CT molecular complexity index is 437. The van der Waals surface area contributed by atoms with Crippen molar-refractivity contribution in [3.63, 3.8) is 0 Å². The van der Waals surface area contributed by atoms with Crippen molar-refractivity contribution < 1.29 is 33.3 Å². The van der Waals surface area contributed by atoms with Gasteiger partial charge in [-0.25, -0.2) is 0 Å². The van der Waals surface area contributed by atoms with Gasteiger partial charge in [-0.05, 0) is 18.2 Å². The molecule has 3 heteroatoms. The number of benzene rings is 1. The third-order valence-corrected chi connectivity index (χ3v) is 2.19. The van der Waals surface area contributed by atoms with Crippen LogP contribution in [0.25, 0.3) is 10.9 Å². The number of hydrogen-bond donors (Lipinski definition) is 0. The molecule has 0 saturated heterocycles. The van der Waals surface area contributed by atoms with Crippen molar-refractivity contribution in [2.75, 3.05) is 7.11 Å². The Labute approximate surface area is 101 Å². The molecule has 0 saturated carbocycles. The smallest absolute Gasteiger partial charge is 0.254 e. The number of pyridine rings is 1. The number of fused-ring (bicyclic) bond motifs is 1. The highest BCUT2D eigenvalue weighted by Crippen LogP contribution is 2.20. The molecule has 2 aromatic rings. The van der Waals surface area contributed by atoms with Crippen LogP contribution in [0.2, 0.25) is 0 Å². The van der Waals surface area contributed by atoms with Crippen molar-refractivity contribution in [2.45, 2.75) is 0 Å². The van der Waals surface area contributed by atoms with Gasteiger partial charge in [0.25, 0.3) is 5.52 Å². The Morgan fingerprint density at radius 3 is 2.57 bits per heavy atom. The van der Waals surface area contributed by atoms with Gasteiger partial charge < -0.3 is 28.7 Å². The van der Waals surface area contributed by atoms with Crippen LogP contribution in [0.4, 0.5) is 0 Å². The first kappa shape index (κ1) is 11.2. The van der Waals surface area contributed by atoms with E-state index in [1.54, 1.807) is 7.11 Å². The average molecular weight is 301 g/mol. The second-order valence-corrected chi connectivity index (χ2v) is 3.02. The van der Waals surface area contributed by atoms with Crippen molar-refractivity contribution in [1.29, 1.82) is 0 Å². The SMILES string of the molecule is COc1cccc2ccc[n+](C)c12.[I-]. The average Bonchev–Trinajstić information content (AvgIpc) is 2.17. The molecule has 0 spiro atoms. The van der Waals surface area contributed by atoms with Gasteiger partial charge in [-0.15, -0.1) is 0 Å². The monoisotopic (exact) mass is 301 g/mol. The fourth-order valence-corrected chi connectivity index (χ4v) is 1.57. The molecule has 14 heavy (non-hydrogen) atoms. The first-order chi connectivity index (χ1) is 6.33. The van der Waals surface area contributed by atoms with E-state index >= 15 is 0 Å². The summed E-state index contributed by atoms with van der Waals surface area (Å²) in [5.41, 5.74) is 1.13. The van der Waals surface area contributed by atoms with E-state index in [4.69, 9.17) is 4.74 Å². The lowest BCUT2D eigenvalue weighted by Gasteiger charge is -2.01. The maximum Gasteiger partial charge on any atom is 0.254 e. The largest absolute Gasteiger partial charge is 1.00 e. The molecule has 1 aromatic carbocycles. The van der Waals surface area contributed by atoms with Crippen LogP contribution in [0, 0.1) is 0 Å². The van der Waals surface area contributed by atoms with Crippen LogP contribution in [0.5, 0.6) is 5.75 Å². The van der Waals surface area contributed by atoms with Gasteiger partial charge in [-0.1, -0.05) is 6.07 Å². The van der Waals surface area contributed by atoms with E-state index in [1.807, 2.05) is 31.4 Å².